The van der Waals surface area contributed by atoms with Gasteiger partial charge in [-0.2, -0.15) is 0 Å². The molecule has 1 saturated heterocycles. The number of hydrogen-bond acceptors (Lipinski definition) is 2. The Balaban J connectivity index is 2.51. The quantitative estimate of drug-likeness (QED) is 0.513. The van der Waals surface area contributed by atoms with E-state index in [-0.39, 0.29) is 11.8 Å². The topological polar surface area (TPSA) is 29.5 Å². The van der Waals surface area contributed by atoms with Gasteiger partial charge in [0.05, 0.1) is 12.5 Å². The predicted octanol–water partition coefficient (Wildman–Crippen LogP) is 0.416. The molecule has 0 spiro atoms. The lowest BCUT2D eigenvalue weighted by atomic mass is 10.2. The van der Waals surface area contributed by atoms with E-state index in [1.165, 1.54) is 5.06 Å². The summed E-state index contributed by atoms with van der Waals surface area (Å²) < 4.78 is 0. The maximum Gasteiger partial charge on any atom is 0.251 e. The minimum absolute atomic E-state index is 0.0601. The van der Waals surface area contributed by atoms with Gasteiger partial charge < -0.3 is 0 Å². The van der Waals surface area contributed by atoms with Crippen molar-refractivity contribution < 1.29 is 9.63 Å². The minimum Gasteiger partial charge on any atom is -0.272 e. The van der Waals surface area contributed by atoms with E-state index in [1.54, 1.807) is 0 Å². The Morgan fingerprint density at radius 2 is 2.56 bits per heavy atom. The smallest absolute Gasteiger partial charge is 0.251 e. The van der Waals surface area contributed by atoms with Crippen LogP contribution in [-0.2, 0) is 9.63 Å². The number of carbonyl (C=O) groups excluding carboxylic acids is 1. The van der Waals surface area contributed by atoms with E-state index in [4.69, 9.17) is 4.84 Å². The first-order chi connectivity index (χ1) is 4.25. The molecule has 3 nitrogen and oxygen atoms in total. The average Bonchev–Trinajstić information content (AvgIpc) is 2.15. The zero-order valence-electron chi connectivity index (χ0n) is 5.76. The summed E-state index contributed by atoms with van der Waals surface area (Å²) in [7, 11) is 0. The molecule has 0 aromatic rings. The fourth-order valence-corrected chi connectivity index (χ4v) is 0.830. The Labute approximate surface area is 54.5 Å². The van der Waals surface area contributed by atoms with Gasteiger partial charge in [-0.1, -0.05) is 6.92 Å². The summed E-state index contributed by atoms with van der Waals surface area (Å²) in [5, 5.41) is 1.41. The van der Waals surface area contributed by atoms with Crippen molar-refractivity contribution in [3.05, 3.63) is 0 Å². The van der Waals surface area contributed by atoms with Crippen LogP contribution >= 0.6 is 0 Å². The average molecular weight is 129 g/mol. The molecule has 0 N–H and O–H groups in total. The van der Waals surface area contributed by atoms with Gasteiger partial charge in [0.25, 0.3) is 5.91 Å². The van der Waals surface area contributed by atoms with Gasteiger partial charge in [-0.3, -0.25) is 9.63 Å². The second-order valence-corrected chi connectivity index (χ2v) is 2.23. The monoisotopic (exact) mass is 129 g/mol. The van der Waals surface area contributed by atoms with Gasteiger partial charge in [-0.25, -0.2) is 5.06 Å². The SMILES string of the molecule is CCN1OC[C@@H](C)C1=O. The van der Waals surface area contributed by atoms with Crippen molar-refractivity contribution in [3.63, 3.8) is 0 Å². The van der Waals surface area contributed by atoms with E-state index >= 15 is 0 Å². The molecule has 0 unspecified atom stereocenters. The van der Waals surface area contributed by atoms with E-state index in [9.17, 15) is 4.79 Å². The Morgan fingerprint density at radius 1 is 1.89 bits per heavy atom. The van der Waals surface area contributed by atoms with Crippen LogP contribution in [0.3, 0.4) is 0 Å². The van der Waals surface area contributed by atoms with E-state index < -0.39 is 0 Å². The van der Waals surface area contributed by atoms with Gasteiger partial charge in [0.2, 0.25) is 0 Å². The predicted molar refractivity (Wildman–Crippen MR) is 32.5 cm³/mol. The molecule has 1 atom stereocenters. The van der Waals surface area contributed by atoms with Crippen molar-refractivity contribution >= 4 is 5.91 Å². The highest BCUT2D eigenvalue weighted by Crippen LogP contribution is 2.11. The van der Waals surface area contributed by atoms with Crippen LogP contribution in [0.25, 0.3) is 0 Å². The molecule has 0 saturated carbocycles. The zero-order chi connectivity index (χ0) is 6.85. The molecule has 0 radical (unpaired) electrons. The third-order valence-electron chi connectivity index (χ3n) is 1.43. The molecular weight excluding hydrogens is 118 g/mol. The van der Waals surface area contributed by atoms with Crippen molar-refractivity contribution in [1.82, 2.24) is 5.06 Å². The van der Waals surface area contributed by atoms with Gasteiger partial charge in [0.1, 0.15) is 0 Å². The first-order valence-corrected chi connectivity index (χ1v) is 3.20. The summed E-state index contributed by atoms with van der Waals surface area (Å²) in [6.45, 7) is 4.98. The van der Waals surface area contributed by atoms with Gasteiger partial charge in [-0.15, -0.1) is 0 Å². The second-order valence-electron chi connectivity index (χ2n) is 2.23. The van der Waals surface area contributed by atoms with Crippen LogP contribution in [0.4, 0.5) is 0 Å². The molecule has 52 valence electrons. The van der Waals surface area contributed by atoms with Gasteiger partial charge in [0.15, 0.2) is 0 Å². The fraction of sp³-hybridized carbons (Fsp3) is 0.833. The molecule has 1 amide bonds. The van der Waals surface area contributed by atoms with Gasteiger partial charge in [-0.05, 0) is 6.92 Å². The number of hydrogen-bond donors (Lipinski definition) is 0. The molecular formula is C6H11NO2. The molecule has 1 aliphatic rings. The maximum atomic E-state index is 10.9. The van der Waals surface area contributed by atoms with Gasteiger partial charge in [0, 0.05) is 6.54 Å². The molecule has 0 aliphatic carbocycles. The van der Waals surface area contributed by atoms with Crippen molar-refractivity contribution in [2.24, 2.45) is 5.92 Å². The third-order valence-corrected chi connectivity index (χ3v) is 1.43. The number of hydroxylamine groups is 2. The molecule has 1 aliphatic heterocycles. The lowest BCUT2D eigenvalue weighted by molar-refractivity contribution is -0.160. The number of carbonyl (C=O) groups is 1. The van der Waals surface area contributed by atoms with Crippen LogP contribution < -0.4 is 0 Å². The van der Waals surface area contributed by atoms with Crippen molar-refractivity contribution in [2.75, 3.05) is 13.2 Å². The van der Waals surface area contributed by atoms with Crippen molar-refractivity contribution in [3.8, 4) is 0 Å². The van der Waals surface area contributed by atoms with Crippen molar-refractivity contribution in [2.45, 2.75) is 13.8 Å². The maximum absolute atomic E-state index is 10.9. The molecule has 1 rings (SSSR count). The van der Waals surface area contributed by atoms with Crippen LogP contribution in [0.1, 0.15) is 13.8 Å². The highest BCUT2D eigenvalue weighted by molar-refractivity contribution is 5.78. The first kappa shape index (κ1) is 6.55. The number of nitrogens with zero attached hydrogens (tertiary/aromatic N) is 1. The Morgan fingerprint density at radius 3 is 2.78 bits per heavy atom. The fourth-order valence-electron chi connectivity index (χ4n) is 0.830. The van der Waals surface area contributed by atoms with Crippen LogP contribution in [-0.4, -0.2) is 24.1 Å². The summed E-state index contributed by atoms with van der Waals surface area (Å²) in [6.07, 6.45) is 0. The molecule has 0 aromatic carbocycles. The zero-order valence-corrected chi connectivity index (χ0v) is 5.76. The highest BCUT2D eigenvalue weighted by Gasteiger charge is 2.27. The summed E-state index contributed by atoms with van der Waals surface area (Å²) >= 11 is 0. The standard InChI is InChI=1S/C6H11NO2/c1-3-7-6(8)5(2)4-9-7/h5H,3-4H2,1-2H3/t5-/m1/s1. The van der Waals surface area contributed by atoms with Crippen molar-refractivity contribution in [1.29, 1.82) is 0 Å². The molecule has 0 bridgehead atoms. The molecule has 3 heteroatoms. The van der Waals surface area contributed by atoms with E-state index in [1.807, 2.05) is 13.8 Å². The second kappa shape index (κ2) is 2.35. The van der Waals surface area contributed by atoms with Crippen LogP contribution in [0.5, 0.6) is 0 Å². The minimum atomic E-state index is 0.0601. The highest BCUT2D eigenvalue weighted by atomic mass is 16.7. The summed E-state index contributed by atoms with van der Waals surface area (Å²) in [6, 6.07) is 0. The number of amides is 1. The third kappa shape index (κ3) is 1.05. The molecule has 0 aromatic heterocycles. The van der Waals surface area contributed by atoms with E-state index in [0.717, 1.165) is 0 Å². The van der Waals surface area contributed by atoms with E-state index in [0.29, 0.717) is 13.2 Å². The largest absolute Gasteiger partial charge is 0.272 e. The lowest BCUT2D eigenvalue weighted by Crippen LogP contribution is -2.24. The van der Waals surface area contributed by atoms with Gasteiger partial charge >= 0.3 is 0 Å². The molecule has 9 heavy (non-hydrogen) atoms. The first-order valence-electron chi connectivity index (χ1n) is 3.20. The summed E-state index contributed by atoms with van der Waals surface area (Å²) in [5.74, 6) is 0.169. The molecule has 1 heterocycles. The Bertz CT molecular complexity index is 124. The Kier molecular flexibility index (Phi) is 1.71. The lowest BCUT2D eigenvalue weighted by Gasteiger charge is -2.09. The van der Waals surface area contributed by atoms with E-state index in [2.05, 4.69) is 0 Å². The molecule has 1 fully saturated rings. The van der Waals surface area contributed by atoms with Crippen LogP contribution in [0.2, 0.25) is 0 Å². The number of rotatable bonds is 1. The summed E-state index contributed by atoms with van der Waals surface area (Å²) in [4.78, 5) is 15.9. The normalized spacial score (nSPS) is 27.6. The Hall–Kier alpha value is -0.570. The summed E-state index contributed by atoms with van der Waals surface area (Å²) in [5.41, 5.74) is 0. The van der Waals surface area contributed by atoms with Crippen LogP contribution in [0, 0.1) is 5.92 Å². The van der Waals surface area contributed by atoms with Crippen LogP contribution in [0.15, 0.2) is 0 Å².